The van der Waals surface area contributed by atoms with Gasteiger partial charge in [0.25, 0.3) is 11.6 Å². The average Bonchev–Trinajstić information content (AvgIpc) is 2.52. The molecule has 1 unspecified atom stereocenters. The molecular weight excluding hydrogens is 300 g/mol. The Kier molecular flexibility index (Phi) is 7.73. The molecule has 0 aliphatic rings. The quantitative estimate of drug-likeness (QED) is 0.309. The Morgan fingerprint density at radius 3 is 2.78 bits per heavy atom. The number of rotatable bonds is 10. The van der Waals surface area contributed by atoms with Crippen LogP contribution in [0.3, 0.4) is 0 Å². The number of aldehydes is 1. The summed E-state index contributed by atoms with van der Waals surface area (Å²) in [7, 11) is 0. The second-order valence-corrected chi connectivity index (χ2v) is 5.35. The highest BCUT2D eigenvalue weighted by Gasteiger charge is 2.13. The first-order chi connectivity index (χ1) is 11.0. The molecule has 7 nitrogen and oxygen atoms in total. The van der Waals surface area contributed by atoms with Crippen molar-refractivity contribution in [1.29, 1.82) is 0 Å². The van der Waals surface area contributed by atoms with Crippen LogP contribution in [0.15, 0.2) is 18.2 Å². The number of nitro benzene ring substituents is 1. The molecule has 0 aromatic heterocycles. The second kappa shape index (κ2) is 9.55. The summed E-state index contributed by atoms with van der Waals surface area (Å²) in [6, 6.07) is 3.72. The van der Waals surface area contributed by atoms with E-state index in [1.165, 1.54) is 12.1 Å². The summed E-state index contributed by atoms with van der Waals surface area (Å²) < 4.78 is 5.29. The van der Waals surface area contributed by atoms with Gasteiger partial charge in [-0.05, 0) is 19.4 Å². The van der Waals surface area contributed by atoms with Crippen molar-refractivity contribution in [3.05, 3.63) is 33.9 Å². The molecule has 0 saturated carbocycles. The zero-order valence-corrected chi connectivity index (χ0v) is 13.4. The number of hydrogen-bond donors (Lipinski definition) is 1. The smallest absolute Gasteiger partial charge is 0.270 e. The van der Waals surface area contributed by atoms with Crippen LogP contribution in [0.1, 0.15) is 49.9 Å². The Morgan fingerprint density at radius 2 is 2.17 bits per heavy atom. The molecule has 0 aliphatic heterocycles. The summed E-state index contributed by atoms with van der Waals surface area (Å²) in [5, 5.41) is 13.5. The third-order valence-corrected chi connectivity index (χ3v) is 3.34. The van der Waals surface area contributed by atoms with Gasteiger partial charge in [-0.1, -0.05) is 26.2 Å². The molecule has 0 fully saturated rings. The fourth-order valence-electron chi connectivity index (χ4n) is 2.11. The standard InChI is InChI=1S/C16H22N2O5/c1-3-4-5-6-12(2)17-16(20)11-23-15-8-7-14(18(21)22)9-13(15)10-19/h7-10,12H,3-6,11H2,1-2H3,(H,17,20). The Hall–Kier alpha value is -2.44. The number of hydrogen-bond acceptors (Lipinski definition) is 5. The fraction of sp³-hybridized carbons (Fsp3) is 0.500. The van der Waals surface area contributed by atoms with Gasteiger partial charge in [0.05, 0.1) is 10.5 Å². The predicted octanol–water partition coefficient (Wildman–Crippen LogP) is 2.87. The molecule has 7 heteroatoms. The summed E-state index contributed by atoms with van der Waals surface area (Å²) in [6.45, 7) is 3.80. The average molecular weight is 322 g/mol. The van der Waals surface area contributed by atoms with Gasteiger partial charge in [-0.3, -0.25) is 19.7 Å². The lowest BCUT2D eigenvalue weighted by atomic mass is 10.1. The first-order valence-corrected chi connectivity index (χ1v) is 7.63. The monoisotopic (exact) mass is 322 g/mol. The van der Waals surface area contributed by atoms with Crippen LogP contribution in [0.4, 0.5) is 5.69 Å². The molecule has 0 saturated heterocycles. The van der Waals surface area contributed by atoms with Crippen LogP contribution in [-0.2, 0) is 4.79 Å². The van der Waals surface area contributed by atoms with E-state index in [2.05, 4.69) is 12.2 Å². The first-order valence-electron chi connectivity index (χ1n) is 7.63. The van der Waals surface area contributed by atoms with Crippen molar-refractivity contribution >= 4 is 17.9 Å². The molecule has 1 N–H and O–H groups in total. The highest BCUT2D eigenvalue weighted by molar-refractivity contribution is 5.82. The topological polar surface area (TPSA) is 98.5 Å². The Labute approximate surface area is 135 Å². The number of nitro groups is 1. The highest BCUT2D eigenvalue weighted by atomic mass is 16.6. The van der Waals surface area contributed by atoms with Gasteiger partial charge >= 0.3 is 0 Å². The maximum Gasteiger partial charge on any atom is 0.270 e. The third-order valence-electron chi connectivity index (χ3n) is 3.34. The number of non-ortho nitro benzene ring substituents is 1. The van der Waals surface area contributed by atoms with Gasteiger partial charge in [0.2, 0.25) is 0 Å². The fourth-order valence-corrected chi connectivity index (χ4v) is 2.11. The SMILES string of the molecule is CCCCCC(C)NC(=O)COc1ccc([N+](=O)[O-])cc1C=O. The summed E-state index contributed by atoms with van der Waals surface area (Å²) in [6.07, 6.45) is 4.67. The van der Waals surface area contributed by atoms with Crippen molar-refractivity contribution < 1.29 is 19.2 Å². The van der Waals surface area contributed by atoms with Gasteiger partial charge in [-0.15, -0.1) is 0 Å². The number of carbonyl (C=O) groups is 2. The summed E-state index contributed by atoms with van der Waals surface area (Å²) in [4.78, 5) is 32.8. The largest absolute Gasteiger partial charge is 0.483 e. The number of unbranched alkanes of at least 4 members (excludes halogenated alkanes) is 2. The molecule has 0 radical (unpaired) electrons. The number of ether oxygens (including phenoxy) is 1. The zero-order valence-electron chi connectivity index (χ0n) is 13.4. The van der Waals surface area contributed by atoms with Crippen molar-refractivity contribution in [2.45, 2.75) is 45.6 Å². The van der Waals surface area contributed by atoms with E-state index in [1.54, 1.807) is 0 Å². The Bertz CT molecular complexity index is 559. The predicted molar refractivity (Wildman–Crippen MR) is 85.7 cm³/mol. The van der Waals surface area contributed by atoms with E-state index >= 15 is 0 Å². The van der Waals surface area contributed by atoms with E-state index < -0.39 is 4.92 Å². The molecule has 0 spiro atoms. The molecule has 126 valence electrons. The molecule has 1 atom stereocenters. The van der Waals surface area contributed by atoms with Crippen LogP contribution >= 0.6 is 0 Å². The zero-order chi connectivity index (χ0) is 17.2. The number of carbonyl (C=O) groups excluding carboxylic acids is 2. The van der Waals surface area contributed by atoms with E-state index in [1.807, 2.05) is 6.92 Å². The van der Waals surface area contributed by atoms with Crippen LogP contribution in [-0.4, -0.2) is 29.8 Å². The van der Waals surface area contributed by atoms with E-state index in [0.717, 1.165) is 31.7 Å². The molecule has 1 aromatic carbocycles. The highest BCUT2D eigenvalue weighted by Crippen LogP contribution is 2.22. The normalized spacial score (nSPS) is 11.6. The maximum absolute atomic E-state index is 11.8. The second-order valence-electron chi connectivity index (χ2n) is 5.35. The summed E-state index contributed by atoms with van der Waals surface area (Å²) in [5.74, 6) is -0.136. The van der Waals surface area contributed by atoms with Gasteiger partial charge in [-0.2, -0.15) is 0 Å². The minimum atomic E-state index is -0.596. The van der Waals surface area contributed by atoms with Crippen LogP contribution in [0.2, 0.25) is 0 Å². The van der Waals surface area contributed by atoms with Crippen molar-refractivity contribution in [3.8, 4) is 5.75 Å². The van der Waals surface area contributed by atoms with Crippen LogP contribution in [0, 0.1) is 10.1 Å². The molecule has 0 bridgehead atoms. The van der Waals surface area contributed by atoms with Crippen LogP contribution < -0.4 is 10.1 Å². The molecule has 1 aromatic rings. The molecule has 1 amide bonds. The Morgan fingerprint density at radius 1 is 1.43 bits per heavy atom. The molecule has 1 rings (SSSR count). The lowest BCUT2D eigenvalue weighted by Gasteiger charge is -2.14. The first kappa shape index (κ1) is 18.6. The lowest BCUT2D eigenvalue weighted by molar-refractivity contribution is -0.384. The van der Waals surface area contributed by atoms with Crippen molar-refractivity contribution in [3.63, 3.8) is 0 Å². The summed E-state index contributed by atoms with van der Waals surface area (Å²) >= 11 is 0. The van der Waals surface area contributed by atoms with Crippen LogP contribution in [0.5, 0.6) is 5.75 Å². The maximum atomic E-state index is 11.8. The molecule has 0 aliphatic carbocycles. The van der Waals surface area contributed by atoms with Crippen molar-refractivity contribution in [2.75, 3.05) is 6.61 Å². The number of nitrogens with one attached hydrogen (secondary N) is 1. The van der Waals surface area contributed by atoms with E-state index in [4.69, 9.17) is 4.74 Å². The number of amides is 1. The molecule has 0 heterocycles. The van der Waals surface area contributed by atoms with E-state index in [0.29, 0.717) is 6.29 Å². The van der Waals surface area contributed by atoms with Crippen molar-refractivity contribution in [1.82, 2.24) is 5.32 Å². The Balaban J connectivity index is 2.52. The van der Waals surface area contributed by atoms with Gasteiger partial charge in [0.15, 0.2) is 12.9 Å². The molecule has 23 heavy (non-hydrogen) atoms. The number of benzene rings is 1. The van der Waals surface area contributed by atoms with Gasteiger partial charge in [-0.25, -0.2) is 0 Å². The molecular formula is C16H22N2O5. The minimum absolute atomic E-state index is 0.0444. The minimum Gasteiger partial charge on any atom is -0.483 e. The lowest BCUT2D eigenvalue weighted by Crippen LogP contribution is -2.36. The number of nitrogens with zero attached hydrogens (tertiary/aromatic N) is 1. The van der Waals surface area contributed by atoms with Crippen LogP contribution in [0.25, 0.3) is 0 Å². The third kappa shape index (κ3) is 6.46. The van der Waals surface area contributed by atoms with Gasteiger partial charge < -0.3 is 10.1 Å². The van der Waals surface area contributed by atoms with Gasteiger partial charge in [0.1, 0.15) is 5.75 Å². The summed E-state index contributed by atoms with van der Waals surface area (Å²) in [5.41, 5.74) is -0.156. The van der Waals surface area contributed by atoms with E-state index in [9.17, 15) is 19.7 Å². The van der Waals surface area contributed by atoms with E-state index in [-0.39, 0.29) is 35.6 Å². The van der Waals surface area contributed by atoms with Gasteiger partial charge in [0, 0.05) is 18.2 Å². The van der Waals surface area contributed by atoms with Crippen molar-refractivity contribution in [2.24, 2.45) is 0 Å².